The Morgan fingerprint density at radius 2 is 2.04 bits per heavy atom. The van der Waals surface area contributed by atoms with Crippen molar-refractivity contribution in [2.75, 3.05) is 11.9 Å². The van der Waals surface area contributed by atoms with Crippen LogP contribution in [0.1, 0.15) is 49.8 Å². The van der Waals surface area contributed by atoms with Crippen LogP contribution in [-0.2, 0) is 0 Å². The maximum atomic E-state index is 9.56. The van der Waals surface area contributed by atoms with Gasteiger partial charge in [-0.1, -0.05) is 36.7 Å². The zero-order valence-corrected chi connectivity index (χ0v) is 15.9. The number of nitrogens with zero attached hydrogens (tertiary/aromatic N) is 2. The third kappa shape index (κ3) is 3.43. The lowest BCUT2D eigenvalue weighted by molar-refractivity contribution is 0.395. The van der Waals surface area contributed by atoms with Gasteiger partial charge in [0.25, 0.3) is 0 Å². The quantitative estimate of drug-likeness (QED) is 0.481. The Morgan fingerprint density at radius 3 is 2.72 bits per heavy atom. The third-order valence-corrected chi connectivity index (χ3v) is 5.46. The highest BCUT2D eigenvalue weighted by Gasteiger charge is 2.33. The molecule has 0 spiro atoms. The molecule has 3 rings (SSSR count). The number of hydrogen-bond acceptors (Lipinski definition) is 2. The molecule has 1 atom stereocenters. The average molecular weight is 351 g/mol. The summed E-state index contributed by atoms with van der Waals surface area (Å²) in [5.41, 5.74) is 5.30. The summed E-state index contributed by atoms with van der Waals surface area (Å²) >= 11 is 6.06. The third-order valence-electron chi connectivity index (χ3n) is 5.22. The number of benzene rings is 2. The van der Waals surface area contributed by atoms with E-state index in [2.05, 4.69) is 57.0 Å². The fraction of sp³-hybridized carbons (Fsp3) is 0.318. The van der Waals surface area contributed by atoms with E-state index >= 15 is 0 Å². The van der Waals surface area contributed by atoms with Crippen molar-refractivity contribution < 1.29 is 0 Å². The number of rotatable bonds is 2. The minimum Gasteiger partial charge on any atom is -0.369 e. The Hall–Kier alpha value is -2.24. The van der Waals surface area contributed by atoms with E-state index in [0.29, 0.717) is 16.5 Å². The van der Waals surface area contributed by atoms with Crippen molar-refractivity contribution in [1.29, 1.82) is 5.26 Å². The van der Waals surface area contributed by atoms with Gasteiger partial charge in [0.2, 0.25) is 0 Å². The second kappa shape index (κ2) is 6.58. The standard InChI is InChI=1S/C22H23ClN2/c1-15-13-22(2,3)25(4)21-9-8-16(11-20(15)21)10-18(14-24)17-6-5-7-19(23)12-17/h5-12,15H,13H2,1-4H3/b18-10-/t15-/m0/s1. The number of allylic oxidation sites excluding steroid dienone is 1. The lowest BCUT2D eigenvalue weighted by atomic mass is 9.80. The Bertz CT molecular complexity index is 874. The number of fused-ring (bicyclic) bond motifs is 1. The zero-order chi connectivity index (χ0) is 18.2. The molecule has 0 saturated heterocycles. The minimum absolute atomic E-state index is 0.155. The summed E-state index contributed by atoms with van der Waals surface area (Å²) in [7, 11) is 2.16. The monoisotopic (exact) mass is 350 g/mol. The van der Waals surface area contributed by atoms with Gasteiger partial charge in [-0.25, -0.2) is 0 Å². The molecule has 2 aromatic rings. The van der Waals surface area contributed by atoms with E-state index in [1.54, 1.807) is 0 Å². The van der Waals surface area contributed by atoms with Crippen molar-refractivity contribution in [3.8, 4) is 6.07 Å². The first-order chi connectivity index (χ1) is 11.8. The second-order valence-corrected chi connectivity index (χ2v) is 7.91. The van der Waals surface area contributed by atoms with Crippen LogP contribution in [0.25, 0.3) is 11.6 Å². The maximum absolute atomic E-state index is 9.56. The van der Waals surface area contributed by atoms with E-state index in [9.17, 15) is 5.26 Å². The highest BCUT2D eigenvalue weighted by molar-refractivity contribution is 6.30. The summed E-state index contributed by atoms with van der Waals surface area (Å²) in [5, 5.41) is 10.2. The molecule has 0 bridgehead atoms. The van der Waals surface area contributed by atoms with Crippen molar-refractivity contribution >= 4 is 28.9 Å². The number of anilines is 1. The van der Waals surface area contributed by atoms with Crippen molar-refractivity contribution in [3.05, 3.63) is 64.2 Å². The molecule has 25 heavy (non-hydrogen) atoms. The molecule has 0 aliphatic carbocycles. The van der Waals surface area contributed by atoms with Crippen molar-refractivity contribution in [2.24, 2.45) is 0 Å². The molecule has 0 aromatic heterocycles. The molecule has 128 valence electrons. The molecule has 2 nitrogen and oxygen atoms in total. The Balaban J connectivity index is 2.03. The molecular formula is C22H23ClN2. The van der Waals surface area contributed by atoms with Gasteiger partial charge in [0.1, 0.15) is 0 Å². The predicted molar refractivity (Wildman–Crippen MR) is 107 cm³/mol. The fourth-order valence-corrected chi connectivity index (χ4v) is 3.88. The van der Waals surface area contributed by atoms with Crippen LogP contribution in [0.15, 0.2) is 42.5 Å². The molecule has 0 saturated carbocycles. The molecule has 1 aliphatic heterocycles. The first-order valence-electron chi connectivity index (χ1n) is 8.57. The van der Waals surface area contributed by atoms with Crippen molar-refractivity contribution in [2.45, 2.75) is 38.6 Å². The topological polar surface area (TPSA) is 27.0 Å². The highest BCUT2D eigenvalue weighted by atomic mass is 35.5. The van der Waals surface area contributed by atoms with Gasteiger partial charge < -0.3 is 4.90 Å². The smallest absolute Gasteiger partial charge is 0.0998 e. The van der Waals surface area contributed by atoms with E-state index in [1.165, 1.54) is 11.3 Å². The normalized spacial score (nSPS) is 19.3. The van der Waals surface area contributed by atoms with E-state index in [0.717, 1.165) is 17.5 Å². The van der Waals surface area contributed by atoms with Crippen molar-refractivity contribution in [3.63, 3.8) is 0 Å². The summed E-state index contributed by atoms with van der Waals surface area (Å²) in [6, 6.07) is 16.2. The van der Waals surface area contributed by atoms with Crippen molar-refractivity contribution in [1.82, 2.24) is 0 Å². The molecule has 0 N–H and O–H groups in total. The highest BCUT2D eigenvalue weighted by Crippen LogP contribution is 2.42. The van der Waals surface area contributed by atoms with Gasteiger partial charge in [0, 0.05) is 23.3 Å². The molecule has 1 heterocycles. The van der Waals surface area contributed by atoms with Crippen LogP contribution in [0, 0.1) is 11.3 Å². The van der Waals surface area contributed by atoms with Gasteiger partial charge in [-0.2, -0.15) is 5.26 Å². The van der Waals surface area contributed by atoms with E-state index < -0.39 is 0 Å². The summed E-state index contributed by atoms with van der Waals surface area (Å²) in [4.78, 5) is 2.36. The number of hydrogen-bond donors (Lipinski definition) is 0. The van der Waals surface area contributed by atoms with E-state index in [4.69, 9.17) is 11.6 Å². The first kappa shape index (κ1) is 17.6. The zero-order valence-electron chi connectivity index (χ0n) is 15.2. The second-order valence-electron chi connectivity index (χ2n) is 7.48. The number of nitriles is 1. The summed E-state index contributed by atoms with van der Waals surface area (Å²) in [6.45, 7) is 6.85. The summed E-state index contributed by atoms with van der Waals surface area (Å²) in [6.07, 6.45) is 3.06. The molecule has 2 aromatic carbocycles. The fourth-order valence-electron chi connectivity index (χ4n) is 3.69. The van der Waals surface area contributed by atoms with Crippen LogP contribution in [0.2, 0.25) is 5.02 Å². The molecule has 1 aliphatic rings. The SMILES string of the molecule is C[C@H]1CC(C)(C)N(C)c2ccc(/C=C(/C#N)c3cccc(Cl)c3)cc21. The van der Waals surface area contributed by atoms with Crippen LogP contribution in [0.5, 0.6) is 0 Å². The van der Waals surface area contributed by atoms with Gasteiger partial charge in [0.15, 0.2) is 0 Å². The largest absolute Gasteiger partial charge is 0.369 e. The van der Waals surface area contributed by atoms with Gasteiger partial charge >= 0.3 is 0 Å². The Labute approximate surface area is 155 Å². The number of halogens is 1. The van der Waals surface area contributed by atoms with Gasteiger partial charge in [-0.05, 0) is 73.2 Å². The van der Waals surface area contributed by atoms with Gasteiger partial charge in [0.05, 0.1) is 11.6 Å². The van der Waals surface area contributed by atoms with Crippen LogP contribution >= 0.6 is 11.6 Å². The molecule has 0 unspecified atom stereocenters. The molecule has 0 amide bonds. The van der Waals surface area contributed by atoms with Gasteiger partial charge in [-0.15, -0.1) is 0 Å². The first-order valence-corrected chi connectivity index (χ1v) is 8.95. The molecule has 0 radical (unpaired) electrons. The molecular weight excluding hydrogens is 328 g/mol. The lowest BCUT2D eigenvalue weighted by Gasteiger charge is -2.45. The van der Waals surface area contributed by atoms with E-state index in [-0.39, 0.29) is 5.54 Å². The van der Waals surface area contributed by atoms with E-state index in [1.807, 2.05) is 30.3 Å². The average Bonchev–Trinajstić information content (AvgIpc) is 2.57. The molecule has 0 fully saturated rings. The van der Waals surface area contributed by atoms with Crippen LogP contribution < -0.4 is 4.90 Å². The minimum atomic E-state index is 0.155. The Kier molecular flexibility index (Phi) is 4.62. The van der Waals surface area contributed by atoms with Crippen LogP contribution in [0.4, 0.5) is 5.69 Å². The molecule has 3 heteroatoms. The lowest BCUT2D eigenvalue weighted by Crippen LogP contribution is -2.45. The van der Waals surface area contributed by atoms with Crippen LogP contribution in [-0.4, -0.2) is 12.6 Å². The van der Waals surface area contributed by atoms with Gasteiger partial charge in [-0.3, -0.25) is 0 Å². The predicted octanol–water partition coefficient (Wildman–Crippen LogP) is 6.13. The van der Waals surface area contributed by atoms with Crippen LogP contribution in [0.3, 0.4) is 0 Å². The summed E-state index contributed by atoms with van der Waals surface area (Å²) in [5.74, 6) is 0.492. The Morgan fingerprint density at radius 1 is 1.28 bits per heavy atom. The maximum Gasteiger partial charge on any atom is 0.0998 e. The summed E-state index contributed by atoms with van der Waals surface area (Å²) < 4.78 is 0.